The van der Waals surface area contributed by atoms with Gasteiger partial charge in [-0.1, -0.05) is 12.2 Å². The van der Waals surface area contributed by atoms with E-state index in [1.807, 2.05) is 4.57 Å². The fourth-order valence-electron chi connectivity index (χ4n) is 2.36. The summed E-state index contributed by atoms with van der Waals surface area (Å²) in [4.78, 5) is 11.2. The number of aliphatic hydroxyl groups excluding tert-OH is 2. The van der Waals surface area contributed by atoms with Crippen molar-refractivity contribution in [1.29, 1.82) is 0 Å². The number of nitrogens with zero attached hydrogens (tertiary/aromatic N) is 3. The molecular formula is C11H14N4O3S. The summed E-state index contributed by atoms with van der Waals surface area (Å²) in [7, 11) is 0. The van der Waals surface area contributed by atoms with E-state index in [2.05, 4.69) is 15.0 Å². The second-order valence-electron chi connectivity index (χ2n) is 4.67. The van der Waals surface area contributed by atoms with Gasteiger partial charge in [0.2, 0.25) is 0 Å². The molecule has 1 unspecified atom stereocenters. The van der Waals surface area contributed by atoms with E-state index in [-0.39, 0.29) is 19.4 Å². The molecule has 3 N–H and O–H groups in total. The molecule has 0 aliphatic carbocycles. The lowest BCUT2D eigenvalue weighted by Gasteiger charge is -2.24. The highest BCUT2D eigenvalue weighted by Crippen LogP contribution is 2.36. The van der Waals surface area contributed by atoms with Crippen molar-refractivity contribution in [3.63, 3.8) is 0 Å². The lowest BCUT2D eigenvalue weighted by atomic mass is 10.0. The summed E-state index contributed by atoms with van der Waals surface area (Å²) in [5, 5.41) is 18.7. The Morgan fingerprint density at radius 1 is 1.47 bits per heavy atom. The Hall–Kier alpha value is -1.35. The van der Waals surface area contributed by atoms with Gasteiger partial charge in [-0.25, -0.2) is 9.97 Å². The zero-order valence-electron chi connectivity index (χ0n) is 10.1. The highest BCUT2D eigenvalue weighted by molar-refractivity contribution is 7.71. The van der Waals surface area contributed by atoms with E-state index in [0.717, 1.165) is 5.65 Å². The molecule has 1 aliphatic heterocycles. The Labute approximate surface area is 113 Å². The van der Waals surface area contributed by atoms with E-state index in [0.29, 0.717) is 23.0 Å². The molecule has 3 heterocycles. The molecule has 2 aromatic rings. The van der Waals surface area contributed by atoms with E-state index in [9.17, 15) is 10.2 Å². The summed E-state index contributed by atoms with van der Waals surface area (Å²) < 4.78 is 8.04. The van der Waals surface area contributed by atoms with Crippen molar-refractivity contribution in [2.75, 3.05) is 13.2 Å². The van der Waals surface area contributed by atoms with Gasteiger partial charge in [0.15, 0.2) is 4.64 Å². The highest BCUT2D eigenvalue weighted by atomic mass is 32.1. The second-order valence-corrected chi connectivity index (χ2v) is 5.05. The van der Waals surface area contributed by atoms with Gasteiger partial charge >= 0.3 is 0 Å². The zero-order chi connectivity index (χ0) is 13.5. The molecule has 1 aliphatic rings. The molecule has 0 bridgehead atoms. The standard InChI is InChI=1S/C11H14N4O3S/c16-3-11(4-17)2-1-7(18-11)15-6-14-8-9(15)12-5-13-10(8)19/h5-7,16-17H,1-4H2,(H,12,13,19). The van der Waals surface area contributed by atoms with Gasteiger partial charge < -0.3 is 19.9 Å². The lowest BCUT2D eigenvalue weighted by Crippen LogP contribution is -2.37. The molecule has 1 atom stereocenters. The van der Waals surface area contributed by atoms with Crippen LogP contribution in [-0.2, 0) is 4.74 Å². The SMILES string of the molecule is OCC1(CO)CCC(n2cnc3c(=S)nc[nH]c32)O1. The number of aromatic amines is 1. The van der Waals surface area contributed by atoms with Gasteiger partial charge in [-0.15, -0.1) is 0 Å². The van der Waals surface area contributed by atoms with E-state index in [4.69, 9.17) is 17.0 Å². The molecule has 2 aromatic heterocycles. The van der Waals surface area contributed by atoms with E-state index in [1.54, 1.807) is 6.33 Å². The first-order chi connectivity index (χ1) is 9.19. The first-order valence-electron chi connectivity index (χ1n) is 5.99. The summed E-state index contributed by atoms with van der Waals surface area (Å²) in [5.41, 5.74) is 0.480. The Morgan fingerprint density at radius 2 is 2.26 bits per heavy atom. The minimum absolute atomic E-state index is 0.204. The van der Waals surface area contributed by atoms with E-state index in [1.165, 1.54) is 6.33 Å². The van der Waals surface area contributed by atoms with Gasteiger partial charge in [0, 0.05) is 0 Å². The monoisotopic (exact) mass is 282 g/mol. The number of ether oxygens (including phenoxy) is 1. The van der Waals surface area contributed by atoms with E-state index >= 15 is 0 Å². The van der Waals surface area contributed by atoms with Crippen molar-refractivity contribution < 1.29 is 14.9 Å². The smallest absolute Gasteiger partial charge is 0.157 e. The number of fused-ring (bicyclic) bond motifs is 1. The maximum atomic E-state index is 9.34. The third-order valence-corrected chi connectivity index (χ3v) is 3.80. The van der Waals surface area contributed by atoms with Gasteiger partial charge in [0.1, 0.15) is 23.0 Å². The van der Waals surface area contributed by atoms with Crippen LogP contribution in [0.25, 0.3) is 11.2 Å². The number of nitrogens with one attached hydrogen (secondary N) is 1. The number of aliphatic hydroxyl groups is 2. The summed E-state index contributed by atoms with van der Waals surface area (Å²) in [5.74, 6) is 0. The Bertz CT molecular complexity index is 649. The maximum absolute atomic E-state index is 9.34. The van der Waals surface area contributed by atoms with Crippen LogP contribution in [0.15, 0.2) is 12.7 Å². The Morgan fingerprint density at radius 3 is 2.95 bits per heavy atom. The third-order valence-electron chi connectivity index (χ3n) is 3.50. The number of hydrogen-bond donors (Lipinski definition) is 3. The van der Waals surface area contributed by atoms with Crippen molar-refractivity contribution in [1.82, 2.24) is 19.5 Å². The molecule has 1 saturated heterocycles. The first-order valence-corrected chi connectivity index (χ1v) is 6.40. The van der Waals surface area contributed by atoms with Crippen LogP contribution in [0.2, 0.25) is 0 Å². The molecule has 19 heavy (non-hydrogen) atoms. The maximum Gasteiger partial charge on any atom is 0.157 e. The van der Waals surface area contributed by atoms with Crippen LogP contribution < -0.4 is 0 Å². The third kappa shape index (κ3) is 1.96. The van der Waals surface area contributed by atoms with Crippen molar-refractivity contribution in [2.45, 2.75) is 24.7 Å². The Kier molecular flexibility index (Phi) is 3.09. The van der Waals surface area contributed by atoms with Crippen LogP contribution in [0.5, 0.6) is 0 Å². The molecule has 8 heteroatoms. The predicted octanol–water partition coefficient (Wildman–Crippen LogP) is 0.521. The van der Waals surface area contributed by atoms with Crippen LogP contribution in [0.4, 0.5) is 0 Å². The molecule has 1 fully saturated rings. The largest absolute Gasteiger partial charge is 0.393 e. The number of aromatic nitrogens is 4. The van der Waals surface area contributed by atoms with Gasteiger partial charge in [-0.3, -0.25) is 4.57 Å². The predicted molar refractivity (Wildman–Crippen MR) is 69.0 cm³/mol. The van der Waals surface area contributed by atoms with Crippen molar-refractivity contribution in [3.05, 3.63) is 17.3 Å². The van der Waals surface area contributed by atoms with Crippen molar-refractivity contribution in [2.24, 2.45) is 0 Å². The van der Waals surface area contributed by atoms with Gasteiger partial charge in [-0.05, 0) is 12.8 Å². The molecule has 102 valence electrons. The van der Waals surface area contributed by atoms with E-state index < -0.39 is 5.60 Å². The van der Waals surface area contributed by atoms with Crippen LogP contribution >= 0.6 is 12.2 Å². The van der Waals surface area contributed by atoms with Crippen LogP contribution in [0.1, 0.15) is 19.1 Å². The molecule has 0 saturated carbocycles. The van der Waals surface area contributed by atoms with Gasteiger partial charge in [0.25, 0.3) is 0 Å². The fraction of sp³-hybridized carbons (Fsp3) is 0.545. The average molecular weight is 282 g/mol. The van der Waals surface area contributed by atoms with Crippen molar-refractivity contribution >= 4 is 23.4 Å². The number of imidazole rings is 1. The molecule has 0 spiro atoms. The highest BCUT2D eigenvalue weighted by Gasteiger charge is 2.40. The normalized spacial score (nSPS) is 22.1. The summed E-state index contributed by atoms with van der Waals surface area (Å²) >= 11 is 5.10. The topological polar surface area (TPSA) is 96.2 Å². The summed E-state index contributed by atoms with van der Waals surface area (Å²) in [6, 6.07) is 0. The molecule has 0 radical (unpaired) electrons. The lowest BCUT2D eigenvalue weighted by molar-refractivity contribution is -0.120. The number of rotatable bonds is 3. The van der Waals surface area contributed by atoms with Gasteiger partial charge in [0.05, 0.1) is 25.9 Å². The molecule has 0 amide bonds. The minimum Gasteiger partial charge on any atom is -0.393 e. The summed E-state index contributed by atoms with van der Waals surface area (Å²) in [6.07, 6.45) is 4.15. The fourth-order valence-corrected chi connectivity index (χ4v) is 2.57. The quantitative estimate of drug-likeness (QED) is 0.710. The Balaban J connectivity index is 1.99. The molecule has 0 aromatic carbocycles. The van der Waals surface area contributed by atoms with Crippen LogP contribution in [-0.4, -0.2) is 48.5 Å². The first kappa shape index (κ1) is 12.7. The van der Waals surface area contributed by atoms with Crippen LogP contribution in [0.3, 0.4) is 0 Å². The van der Waals surface area contributed by atoms with Gasteiger partial charge in [-0.2, -0.15) is 0 Å². The average Bonchev–Trinajstić information content (AvgIpc) is 3.03. The zero-order valence-corrected chi connectivity index (χ0v) is 10.9. The number of hydrogen-bond acceptors (Lipinski definition) is 6. The number of H-pyrrole nitrogens is 1. The summed E-state index contributed by atoms with van der Waals surface area (Å²) in [6.45, 7) is -0.408. The molecule has 3 rings (SSSR count). The minimum atomic E-state index is -0.870. The van der Waals surface area contributed by atoms with Crippen LogP contribution in [0, 0.1) is 4.64 Å². The molecular weight excluding hydrogens is 268 g/mol. The van der Waals surface area contributed by atoms with Crippen molar-refractivity contribution in [3.8, 4) is 0 Å². The second kappa shape index (κ2) is 4.64. The molecule has 7 nitrogen and oxygen atoms in total.